The molecule has 0 fully saturated rings. The molecule has 0 amide bonds. The largest absolute Gasteiger partial charge is 0.490 e. The second-order valence-corrected chi connectivity index (χ2v) is 7.31. The summed E-state index contributed by atoms with van der Waals surface area (Å²) in [6.45, 7) is 8.21. The Morgan fingerprint density at radius 1 is 0.800 bits per heavy atom. The third-order valence-corrected chi connectivity index (χ3v) is 4.89. The van der Waals surface area contributed by atoms with Gasteiger partial charge >= 0.3 is 5.97 Å². The van der Waals surface area contributed by atoms with Gasteiger partial charge in [0, 0.05) is 11.5 Å². The van der Waals surface area contributed by atoms with E-state index in [1.54, 1.807) is 0 Å². The van der Waals surface area contributed by atoms with Crippen LogP contribution in [0.15, 0.2) is 91.5 Å². The summed E-state index contributed by atoms with van der Waals surface area (Å²) in [5, 5.41) is 0. The van der Waals surface area contributed by atoms with Gasteiger partial charge in [-0.2, -0.15) is 0 Å². The number of carbonyl (C=O) groups excluding carboxylic acids is 1. The molecule has 3 aromatic rings. The average Bonchev–Trinajstić information content (AvgIpc) is 2.78. The van der Waals surface area contributed by atoms with Crippen LogP contribution in [0.2, 0.25) is 0 Å². The Morgan fingerprint density at radius 2 is 1.33 bits per heavy atom. The SMILES string of the molecule is C=CC(=O)OCCOc1ccc(C(C)(C)c2ccc(Oc3ccccc3)cc2)cc1. The van der Waals surface area contributed by atoms with Crippen LogP contribution in [0.1, 0.15) is 25.0 Å². The third-order valence-electron chi connectivity index (χ3n) is 4.89. The normalized spacial score (nSPS) is 10.9. The van der Waals surface area contributed by atoms with E-state index in [0.717, 1.165) is 23.3 Å². The fourth-order valence-electron chi connectivity index (χ4n) is 3.06. The van der Waals surface area contributed by atoms with Crippen molar-refractivity contribution in [1.29, 1.82) is 0 Å². The van der Waals surface area contributed by atoms with Crippen molar-refractivity contribution >= 4 is 5.97 Å². The minimum Gasteiger partial charge on any atom is -0.490 e. The maximum Gasteiger partial charge on any atom is 0.330 e. The zero-order valence-electron chi connectivity index (χ0n) is 17.3. The number of benzene rings is 3. The van der Waals surface area contributed by atoms with Gasteiger partial charge in [-0.15, -0.1) is 0 Å². The summed E-state index contributed by atoms with van der Waals surface area (Å²) in [7, 11) is 0. The van der Waals surface area contributed by atoms with Crippen LogP contribution in [-0.2, 0) is 14.9 Å². The number of ether oxygens (including phenoxy) is 3. The summed E-state index contributed by atoms with van der Waals surface area (Å²) >= 11 is 0. The second-order valence-electron chi connectivity index (χ2n) is 7.31. The van der Waals surface area contributed by atoms with E-state index in [4.69, 9.17) is 14.2 Å². The van der Waals surface area contributed by atoms with Gasteiger partial charge in [0.15, 0.2) is 0 Å². The lowest BCUT2D eigenvalue weighted by atomic mass is 9.78. The lowest BCUT2D eigenvalue weighted by Gasteiger charge is -2.26. The Morgan fingerprint density at radius 3 is 1.90 bits per heavy atom. The fraction of sp³-hybridized carbons (Fsp3) is 0.192. The predicted octanol–water partition coefficient (Wildman–Crippen LogP) is 5.91. The minimum absolute atomic E-state index is 0.177. The number of hydrogen-bond donors (Lipinski definition) is 0. The van der Waals surface area contributed by atoms with Crippen molar-refractivity contribution in [3.8, 4) is 17.2 Å². The first-order valence-electron chi connectivity index (χ1n) is 9.85. The topological polar surface area (TPSA) is 44.8 Å². The first kappa shape index (κ1) is 21.2. The molecule has 0 N–H and O–H groups in total. The van der Waals surface area contributed by atoms with Gasteiger partial charge in [0.1, 0.15) is 30.5 Å². The highest BCUT2D eigenvalue weighted by Crippen LogP contribution is 2.34. The highest BCUT2D eigenvalue weighted by molar-refractivity contribution is 5.81. The van der Waals surface area contributed by atoms with Crippen molar-refractivity contribution in [1.82, 2.24) is 0 Å². The molecule has 0 aliphatic carbocycles. The summed E-state index contributed by atoms with van der Waals surface area (Å²) in [6, 6.07) is 25.9. The molecule has 0 saturated heterocycles. The number of para-hydroxylation sites is 1. The summed E-state index contributed by atoms with van der Waals surface area (Å²) in [6.07, 6.45) is 1.14. The standard InChI is InChI=1S/C26H26O4/c1-4-25(27)29-19-18-28-22-14-10-20(11-15-22)26(2,3)21-12-16-24(17-13-21)30-23-8-6-5-7-9-23/h4-17H,1,18-19H2,2-3H3. The Hall–Kier alpha value is -3.53. The van der Waals surface area contributed by atoms with Gasteiger partial charge in [0.2, 0.25) is 0 Å². The molecule has 0 heterocycles. The minimum atomic E-state index is -0.448. The van der Waals surface area contributed by atoms with Crippen molar-refractivity contribution in [2.45, 2.75) is 19.3 Å². The lowest BCUT2D eigenvalue weighted by Crippen LogP contribution is -2.18. The molecule has 0 unspecified atom stereocenters. The summed E-state index contributed by atoms with van der Waals surface area (Å²) < 4.78 is 16.4. The van der Waals surface area contributed by atoms with Crippen LogP contribution in [0, 0.1) is 0 Å². The van der Waals surface area contributed by atoms with Gasteiger partial charge in [0.25, 0.3) is 0 Å². The molecule has 30 heavy (non-hydrogen) atoms. The van der Waals surface area contributed by atoms with Crippen LogP contribution in [0.5, 0.6) is 17.2 Å². The van der Waals surface area contributed by atoms with E-state index >= 15 is 0 Å². The van der Waals surface area contributed by atoms with Crippen LogP contribution < -0.4 is 9.47 Å². The van der Waals surface area contributed by atoms with E-state index in [-0.39, 0.29) is 12.0 Å². The van der Waals surface area contributed by atoms with Crippen molar-refractivity contribution in [3.05, 3.63) is 103 Å². The highest BCUT2D eigenvalue weighted by atomic mass is 16.6. The molecule has 0 saturated carbocycles. The first-order valence-corrected chi connectivity index (χ1v) is 9.85. The van der Waals surface area contributed by atoms with E-state index in [1.807, 2.05) is 54.6 Å². The number of esters is 1. The molecular formula is C26H26O4. The number of hydrogen-bond acceptors (Lipinski definition) is 4. The molecule has 0 radical (unpaired) electrons. The molecular weight excluding hydrogens is 376 g/mol. The quantitative estimate of drug-likeness (QED) is 0.253. The Kier molecular flexibility index (Phi) is 6.91. The van der Waals surface area contributed by atoms with E-state index in [9.17, 15) is 4.79 Å². The van der Waals surface area contributed by atoms with Crippen molar-refractivity contribution < 1.29 is 19.0 Å². The van der Waals surface area contributed by atoms with E-state index in [0.29, 0.717) is 6.61 Å². The van der Waals surface area contributed by atoms with Crippen LogP contribution in [0.3, 0.4) is 0 Å². The lowest BCUT2D eigenvalue weighted by molar-refractivity contribution is -0.138. The van der Waals surface area contributed by atoms with E-state index in [1.165, 1.54) is 11.1 Å². The molecule has 0 spiro atoms. The summed E-state index contributed by atoms with van der Waals surface area (Å²) in [5.74, 6) is 1.91. The predicted molar refractivity (Wildman–Crippen MR) is 118 cm³/mol. The molecule has 0 aromatic heterocycles. The zero-order valence-corrected chi connectivity index (χ0v) is 17.3. The molecule has 4 heteroatoms. The Labute approximate surface area is 177 Å². The molecule has 0 atom stereocenters. The molecule has 154 valence electrons. The Balaban J connectivity index is 1.61. The number of carbonyl (C=O) groups is 1. The molecule has 0 bridgehead atoms. The molecule has 0 aliphatic heterocycles. The molecule has 3 rings (SSSR count). The fourth-order valence-corrected chi connectivity index (χ4v) is 3.06. The summed E-state index contributed by atoms with van der Waals surface area (Å²) in [4.78, 5) is 11.0. The van der Waals surface area contributed by atoms with Gasteiger partial charge in [0.05, 0.1) is 0 Å². The van der Waals surface area contributed by atoms with Gasteiger partial charge in [-0.3, -0.25) is 0 Å². The van der Waals surface area contributed by atoms with Crippen molar-refractivity contribution in [3.63, 3.8) is 0 Å². The number of rotatable bonds is 9. The zero-order chi connectivity index (χ0) is 21.4. The summed E-state index contributed by atoms with van der Waals surface area (Å²) in [5.41, 5.74) is 2.18. The highest BCUT2D eigenvalue weighted by Gasteiger charge is 2.23. The smallest absolute Gasteiger partial charge is 0.330 e. The Bertz CT molecular complexity index is 958. The molecule has 0 aliphatic rings. The average molecular weight is 402 g/mol. The van der Waals surface area contributed by atoms with Crippen LogP contribution in [-0.4, -0.2) is 19.2 Å². The van der Waals surface area contributed by atoms with Crippen LogP contribution in [0.4, 0.5) is 0 Å². The van der Waals surface area contributed by atoms with Crippen LogP contribution >= 0.6 is 0 Å². The van der Waals surface area contributed by atoms with Gasteiger partial charge in [-0.05, 0) is 47.5 Å². The van der Waals surface area contributed by atoms with Crippen molar-refractivity contribution in [2.24, 2.45) is 0 Å². The maximum atomic E-state index is 11.0. The van der Waals surface area contributed by atoms with Crippen LogP contribution in [0.25, 0.3) is 0 Å². The van der Waals surface area contributed by atoms with Crippen molar-refractivity contribution in [2.75, 3.05) is 13.2 Å². The first-order chi connectivity index (χ1) is 14.5. The second kappa shape index (κ2) is 9.79. The van der Waals surface area contributed by atoms with Gasteiger partial charge in [-0.1, -0.05) is 62.9 Å². The van der Waals surface area contributed by atoms with E-state index in [2.05, 4.69) is 44.7 Å². The maximum absolute atomic E-state index is 11.0. The monoisotopic (exact) mass is 402 g/mol. The van der Waals surface area contributed by atoms with E-state index < -0.39 is 5.97 Å². The van der Waals surface area contributed by atoms with Gasteiger partial charge in [-0.25, -0.2) is 4.79 Å². The van der Waals surface area contributed by atoms with Gasteiger partial charge < -0.3 is 14.2 Å². The third kappa shape index (κ3) is 5.51. The molecule has 3 aromatic carbocycles. The molecule has 4 nitrogen and oxygen atoms in total.